The van der Waals surface area contributed by atoms with Crippen molar-refractivity contribution < 1.29 is 119 Å². The van der Waals surface area contributed by atoms with Crippen molar-refractivity contribution in [2.75, 3.05) is 26.4 Å². The molecule has 0 aromatic rings. The van der Waals surface area contributed by atoms with Crippen LogP contribution in [0.25, 0.3) is 0 Å². The van der Waals surface area contributed by atoms with E-state index in [0.717, 1.165) is 5.57 Å². The average Bonchev–Trinajstić information content (AvgIpc) is 3.16. The minimum Gasteiger partial charge on any atom is -0.479 e. The van der Waals surface area contributed by atoms with Gasteiger partial charge in [-0.05, 0) is 94.8 Å². The van der Waals surface area contributed by atoms with Crippen molar-refractivity contribution in [1.29, 1.82) is 0 Å². The first-order valence-corrected chi connectivity index (χ1v) is 28.3. The monoisotopic (exact) mass is 1160 g/mol. The number of carbonyl (C=O) groups excluding carboxylic acids is 2. The fourth-order valence-corrected chi connectivity index (χ4v) is 16.3. The third-order valence-electron chi connectivity index (χ3n) is 21.6. The van der Waals surface area contributed by atoms with E-state index in [1.54, 1.807) is 39.8 Å². The second-order valence-electron chi connectivity index (χ2n) is 25.9. The molecule has 24 heteroatoms. The predicted octanol–water partition coefficient (Wildman–Crippen LogP) is -0.560. The van der Waals surface area contributed by atoms with E-state index in [1.807, 2.05) is 27.7 Å². The highest BCUT2D eigenvalue weighted by molar-refractivity contribution is 5.89. The lowest BCUT2D eigenvalue weighted by Crippen LogP contribution is -2.76. The lowest BCUT2D eigenvalue weighted by Gasteiger charge is -2.73. The van der Waals surface area contributed by atoms with E-state index in [4.69, 9.17) is 37.9 Å². The van der Waals surface area contributed by atoms with Crippen LogP contribution >= 0.6 is 0 Å². The summed E-state index contributed by atoms with van der Waals surface area (Å²) in [6, 6.07) is 0. The van der Waals surface area contributed by atoms with Crippen molar-refractivity contribution in [3.05, 3.63) is 34.9 Å². The molecule has 0 aromatic heterocycles. The molecule has 3 heterocycles. The average molecular weight is 1160 g/mol. The Morgan fingerprint density at radius 3 is 1.83 bits per heavy atom. The number of aliphatic hydroxyl groups is 12. The first kappa shape index (κ1) is 63.9. The molecule has 0 aromatic carbocycles. The van der Waals surface area contributed by atoms with Gasteiger partial charge in [-0.25, -0.2) is 14.4 Å². The third kappa shape index (κ3) is 9.98. The molecule has 27 atom stereocenters. The molecule has 4 unspecified atom stereocenters. The molecule has 0 spiro atoms. The van der Waals surface area contributed by atoms with Gasteiger partial charge in [0, 0.05) is 27.4 Å². The summed E-state index contributed by atoms with van der Waals surface area (Å²) < 4.78 is 48.8. The molecular formula is C57H88O24. The van der Waals surface area contributed by atoms with E-state index in [0.29, 0.717) is 31.3 Å². The van der Waals surface area contributed by atoms with Crippen molar-refractivity contribution >= 4 is 17.9 Å². The Labute approximate surface area is 471 Å². The number of carboxylic acids is 1. The van der Waals surface area contributed by atoms with E-state index >= 15 is 0 Å². The number of esters is 2. The van der Waals surface area contributed by atoms with Crippen LogP contribution in [-0.4, -0.2) is 221 Å². The van der Waals surface area contributed by atoms with Crippen LogP contribution in [0, 0.1) is 56.2 Å². The van der Waals surface area contributed by atoms with E-state index in [9.17, 15) is 80.8 Å². The Bertz CT molecular complexity index is 2420. The van der Waals surface area contributed by atoms with Crippen LogP contribution in [0.2, 0.25) is 0 Å². The fourth-order valence-electron chi connectivity index (χ4n) is 16.3. The third-order valence-corrected chi connectivity index (χ3v) is 21.6. The molecule has 13 N–H and O–H groups in total. The zero-order chi connectivity index (χ0) is 60.0. The Morgan fingerprint density at radius 1 is 0.654 bits per heavy atom. The second-order valence-corrected chi connectivity index (χ2v) is 25.9. The Kier molecular flexibility index (Phi) is 18.4. The van der Waals surface area contributed by atoms with E-state index in [2.05, 4.69) is 19.9 Å². The highest BCUT2D eigenvalue weighted by atomic mass is 16.8. The Balaban J connectivity index is 1.16. The largest absolute Gasteiger partial charge is 0.479 e. The lowest BCUT2D eigenvalue weighted by molar-refractivity contribution is -0.396. The minimum absolute atomic E-state index is 0.168. The van der Waals surface area contributed by atoms with Gasteiger partial charge in [-0.2, -0.15) is 0 Å². The SMILES string of the molecule is C/C=C(/C)C(=O)O[C@H]1[C@H](OC(=O)/C(C)=C/C)C(C)(C)CC2C3=CCC4[C@@]5(C)CC[C@H](O[C@@H]6O[C@H](C(=O)O)[C@@H](O)[C@H](O[C@H]7O[C@@H](CO)[C@H](O)[C@H]7O)[C@H]6O[C@@H]6O[C@H](O)[C@@H](O)[C@H](O)[C@H]6CO)C(C)(CO)C5CC[C@@]4(C)[C@]3(C)[C@@H](O)[C@@H](O)[C@]21CO. The standard InChI is InChI=1S/C57H88O24/c1-11-24(3)46(71)79-43-44(80-47(72)25(4)12-2)57(23-61)28(19-52(43,5)6)27-13-14-31-53(7)17-16-32(54(8,22-60)30(53)15-18-55(31,9)56(27,10)41(67)42(57)68)75-51-40(78-49-26(20-58)33(62)35(64)48(73)81-49)38(37(66)39(77-51)45(69)70)76-50-36(65)34(63)29(21-59)74-50/h11-13,26,28-44,48-51,58-68,73H,14-23H2,1-10H3,(H,69,70)/b24-11+,25-12-/t26-,28?,29+,30?,31?,32+,33-,34+,35+,36-,37+,38+,39+,40-,41+,42-,43+,44+,48+,49-,50-,51-,53+,54?,55-,56+,57+/m1/s1. The van der Waals surface area contributed by atoms with Crippen LogP contribution in [0.5, 0.6) is 0 Å². The summed E-state index contributed by atoms with van der Waals surface area (Å²) in [5, 5.41) is 146. The molecule has 460 valence electrons. The van der Waals surface area contributed by atoms with E-state index in [-0.39, 0.29) is 24.3 Å². The van der Waals surface area contributed by atoms with Gasteiger partial charge in [0.1, 0.15) is 48.8 Å². The van der Waals surface area contributed by atoms with Crippen LogP contribution in [0.4, 0.5) is 0 Å². The maximum Gasteiger partial charge on any atom is 0.335 e. The number of hydrogen-bond donors (Lipinski definition) is 13. The number of hydrogen-bond acceptors (Lipinski definition) is 23. The molecule has 3 aliphatic heterocycles. The molecule has 4 saturated carbocycles. The Hall–Kier alpha value is -3.09. The molecule has 3 saturated heterocycles. The van der Waals surface area contributed by atoms with Crippen molar-refractivity contribution in [3.8, 4) is 0 Å². The van der Waals surface area contributed by atoms with Gasteiger partial charge in [-0.15, -0.1) is 0 Å². The highest BCUT2D eigenvalue weighted by Gasteiger charge is 2.77. The predicted molar refractivity (Wildman–Crippen MR) is 278 cm³/mol. The molecule has 0 radical (unpaired) electrons. The second kappa shape index (κ2) is 23.3. The smallest absolute Gasteiger partial charge is 0.335 e. The van der Waals surface area contributed by atoms with Gasteiger partial charge in [0.15, 0.2) is 37.4 Å². The molecule has 81 heavy (non-hydrogen) atoms. The minimum atomic E-state index is -2.17. The number of allylic oxidation sites excluding steroid dienone is 3. The van der Waals surface area contributed by atoms with Gasteiger partial charge < -0.3 is 104 Å². The summed E-state index contributed by atoms with van der Waals surface area (Å²) in [6.45, 7) is 15.3. The summed E-state index contributed by atoms with van der Waals surface area (Å²) in [7, 11) is 0. The number of carboxylic acid groups (broad SMARTS) is 1. The maximum absolute atomic E-state index is 13.9. The van der Waals surface area contributed by atoms with E-state index in [1.165, 1.54) is 0 Å². The maximum atomic E-state index is 13.9. The number of ether oxygens (including phenoxy) is 8. The quantitative estimate of drug-likeness (QED) is 0.0423. The molecule has 8 rings (SSSR count). The first-order chi connectivity index (χ1) is 37.9. The molecule has 0 bridgehead atoms. The normalized spacial score (nSPS) is 49.8. The molecule has 5 aliphatic carbocycles. The van der Waals surface area contributed by atoms with E-state index < -0.39 is 205 Å². The summed E-state index contributed by atoms with van der Waals surface area (Å²) in [6.07, 6.45) is -24.0. The number of aliphatic carboxylic acids is 1. The fraction of sp³-hybridized carbons (Fsp3) is 0.842. The molecule has 0 amide bonds. The summed E-state index contributed by atoms with van der Waals surface area (Å²) >= 11 is 0. The van der Waals surface area contributed by atoms with Crippen LogP contribution in [-0.2, 0) is 52.3 Å². The number of rotatable bonds is 15. The van der Waals surface area contributed by atoms with Gasteiger partial charge >= 0.3 is 17.9 Å². The lowest BCUT2D eigenvalue weighted by atomic mass is 9.32. The number of fused-ring (bicyclic) bond motifs is 7. The van der Waals surface area contributed by atoms with Crippen LogP contribution in [0.15, 0.2) is 34.9 Å². The van der Waals surface area contributed by atoms with Gasteiger partial charge in [0.25, 0.3) is 0 Å². The Morgan fingerprint density at radius 2 is 1.27 bits per heavy atom. The van der Waals surface area contributed by atoms with Crippen molar-refractivity contribution in [2.24, 2.45) is 56.2 Å². The van der Waals surface area contributed by atoms with Crippen LogP contribution < -0.4 is 0 Å². The van der Waals surface area contributed by atoms with Gasteiger partial charge in [0.05, 0.1) is 62.2 Å². The van der Waals surface area contributed by atoms with Gasteiger partial charge in [-0.1, -0.05) is 65.3 Å². The molecular weight excluding hydrogens is 1070 g/mol. The number of aliphatic hydroxyl groups excluding tert-OH is 12. The van der Waals surface area contributed by atoms with Crippen LogP contribution in [0.1, 0.15) is 108 Å². The number of carbonyl (C=O) groups is 3. The van der Waals surface area contributed by atoms with Crippen molar-refractivity contribution in [1.82, 2.24) is 0 Å². The summed E-state index contributed by atoms with van der Waals surface area (Å²) in [5.74, 6) is -5.96. The summed E-state index contributed by atoms with van der Waals surface area (Å²) in [5.41, 5.74) is -5.25. The zero-order valence-corrected chi connectivity index (χ0v) is 47.8. The van der Waals surface area contributed by atoms with Crippen molar-refractivity contribution in [3.63, 3.8) is 0 Å². The van der Waals surface area contributed by atoms with Crippen molar-refractivity contribution in [2.45, 2.75) is 218 Å². The van der Waals surface area contributed by atoms with Gasteiger partial charge in [0.2, 0.25) is 0 Å². The zero-order valence-electron chi connectivity index (χ0n) is 47.8. The van der Waals surface area contributed by atoms with Gasteiger partial charge in [-0.3, -0.25) is 0 Å². The topological polar surface area (TPSA) is 388 Å². The molecule has 8 aliphatic rings. The van der Waals surface area contributed by atoms with Crippen LogP contribution in [0.3, 0.4) is 0 Å². The molecule has 7 fully saturated rings. The molecule has 24 nitrogen and oxygen atoms in total. The first-order valence-electron chi connectivity index (χ1n) is 28.3. The highest BCUT2D eigenvalue weighted by Crippen LogP contribution is 2.76. The summed E-state index contributed by atoms with van der Waals surface area (Å²) in [4.78, 5) is 40.4.